The summed E-state index contributed by atoms with van der Waals surface area (Å²) < 4.78 is 28.0. The summed E-state index contributed by atoms with van der Waals surface area (Å²) in [6, 6.07) is 37.6. The zero-order valence-corrected chi connectivity index (χ0v) is 42.4. The lowest BCUT2D eigenvalue weighted by Gasteiger charge is -2.48. The van der Waals surface area contributed by atoms with E-state index in [0.29, 0.717) is 36.4 Å². The fraction of sp³-hybridized carbons (Fsp3) is 0.389. The second kappa shape index (κ2) is 24.1. The Kier molecular flexibility index (Phi) is 18.6. The number of aliphatic hydroxyl groups excluding tert-OH is 5. The van der Waals surface area contributed by atoms with Gasteiger partial charge < -0.3 is 50.2 Å². The highest BCUT2D eigenvalue weighted by molar-refractivity contribution is 7.98. The van der Waals surface area contributed by atoms with Gasteiger partial charge in [0.15, 0.2) is 8.32 Å². The Morgan fingerprint density at radius 2 is 1.43 bits per heavy atom. The third kappa shape index (κ3) is 13.7. The predicted molar refractivity (Wildman–Crippen MR) is 272 cm³/mol. The molecule has 5 aromatic carbocycles. The Hall–Kier alpha value is -5.43. The number of aliphatic hydroxyl groups is 5. The predicted octanol–water partition coefficient (Wildman–Crippen LogP) is 7.60. The van der Waals surface area contributed by atoms with Crippen molar-refractivity contribution in [1.82, 2.24) is 10.6 Å². The molecule has 3 amide bonds. The molecule has 1 heterocycles. The fourth-order valence-corrected chi connectivity index (χ4v) is 9.79. The van der Waals surface area contributed by atoms with Crippen molar-refractivity contribution in [2.75, 3.05) is 24.3 Å². The number of ether oxygens (including phenoxy) is 1. The molecule has 0 spiro atoms. The van der Waals surface area contributed by atoms with E-state index in [0.717, 1.165) is 32.7 Å². The van der Waals surface area contributed by atoms with Gasteiger partial charge in [-0.3, -0.25) is 14.4 Å². The number of rotatable bonds is 23. The summed E-state index contributed by atoms with van der Waals surface area (Å²) in [4.78, 5) is 42.8. The molecule has 5 aromatic rings. The van der Waals surface area contributed by atoms with Crippen molar-refractivity contribution in [2.45, 2.75) is 113 Å². The second-order valence-electron chi connectivity index (χ2n) is 19.2. The molecule has 0 radical (unpaired) electrons. The molecule has 0 aliphatic carbocycles. The zero-order chi connectivity index (χ0) is 50.8. The molecule has 0 saturated carbocycles. The van der Waals surface area contributed by atoms with E-state index in [1.165, 1.54) is 12.1 Å². The normalized spacial score (nSPS) is 17.2. The number of carbonyl (C=O) groups is 3. The number of amides is 3. The van der Waals surface area contributed by atoms with Crippen molar-refractivity contribution in [3.8, 4) is 16.9 Å². The Labute approximate surface area is 415 Å². The Morgan fingerprint density at radius 1 is 0.800 bits per heavy atom. The molecule has 1 fully saturated rings. The van der Waals surface area contributed by atoms with Crippen LogP contribution in [0, 0.1) is 11.7 Å². The third-order valence-electron chi connectivity index (χ3n) is 13.3. The van der Waals surface area contributed by atoms with Crippen LogP contribution in [-0.4, -0.2) is 95.4 Å². The number of benzene rings is 5. The number of carbonyl (C=O) groups excluding carboxylic acids is 3. The minimum atomic E-state index is -2.33. The molecule has 1 saturated heterocycles. The first-order valence-electron chi connectivity index (χ1n) is 23.5. The SMILES string of the molecule is CSc1ccc(-c2ccc([C@@H]3[C@@H](CC[C@H](O[Si](C)(C)C(C)(C)C)c4ccc(F)cc4)C(=O)N3c3ccc(CNC(=O)CC(=O)NC[C@H](O)[C@@H](O)[C@H](O)[C@H](O)CO)cc3)c(OCc3ccccc3)c2)cc1. The molecule has 0 unspecified atom stereocenters. The molecule has 374 valence electrons. The topological polar surface area (TPSA) is 198 Å². The number of nitrogens with zero attached hydrogens (tertiary/aromatic N) is 1. The summed E-state index contributed by atoms with van der Waals surface area (Å²) in [5.41, 5.74) is 5.99. The van der Waals surface area contributed by atoms with E-state index in [1.54, 1.807) is 40.9 Å². The smallest absolute Gasteiger partial charge is 0.233 e. The maximum absolute atomic E-state index is 14.7. The number of thioether (sulfide) groups is 1. The van der Waals surface area contributed by atoms with Crippen molar-refractivity contribution < 1.29 is 53.5 Å². The van der Waals surface area contributed by atoms with Crippen LogP contribution in [-0.2, 0) is 32.0 Å². The van der Waals surface area contributed by atoms with Gasteiger partial charge in [0.1, 0.15) is 42.9 Å². The van der Waals surface area contributed by atoms with E-state index < -0.39 is 76.1 Å². The molecular weight excluding hydrogens is 930 g/mol. The second-order valence-corrected chi connectivity index (χ2v) is 24.9. The minimum Gasteiger partial charge on any atom is -0.489 e. The monoisotopic (exact) mass is 995 g/mol. The van der Waals surface area contributed by atoms with Crippen molar-refractivity contribution in [1.29, 1.82) is 0 Å². The summed E-state index contributed by atoms with van der Waals surface area (Å²) in [6.45, 7) is 9.90. The van der Waals surface area contributed by atoms with Gasteiger partial charge in [-0.15, -0.1) is 11.8 Å². The highest BCUT2D eigenvalue weighted by Crippen LogP contribution is 2.50. The quantitative estimate of drug-likeness (QED) is 0.0147. The number of hydrogen-bond acceptors (Lipinski definition) is 11. The van der Waals surface area contributed by atoms with Gasteiger partial charge in [-0.25, -0.2) is 4.39 Å². The maximum Gasteiger partial charge on any atom is 0.233 e. The molecule has 0 bridgehead atoms. The first-order chi connectivity index (χ1) is 33.3. The third-order valence-corrected chi connectivity index (χ3v) is 18.5. The first-order valence-corrected chi connectivity index (χ1v) is 27.6. The number of anilines is 1. The molecule has 7 N–H and O–H groups in total. The number of nitrogens with one attached hydrogen (secondary N) is 2. The van der Waals surface area contributed by atoms with Crippen molar-refractivity contribution >= 4 is 43.5 Å². The van der Waals surface area contributed by atoms with Gasteiger partial charge in [0, 0.05) is 29.2 Å². The molecule has 7 atom stereocenters. The zero-order valence-electron chi connectivity index (χ0n) is 40.5. The standard InChI is InChI=1S/C54H66FN3O10SSi/c1-54(2,3)70(5,6)68-46(37-14-19-39(55)20-15-37)27-26-43-50(42-25-18-38(36-16-23-41(69-4)24-17-36)28-47(42)67-33-35-10-8-7-9-11-35)58(53(43)66)40-21-12-34(13-22-40)30-56-48(62)29-49(63)57-31-44(60)51(64)52(65)45(61)32-59/h7-25,28,43-46,50-52,59-61,64-65H,26-27,29-33H2,1-6H3,(H,56,62)(H,57,63)/t43-,44+,45-,46+,50-,51-,52-/m1/s1. The molecule has 1 aliphatic heterocycles. The summed E-state index contributed by atoms with van der Waals surface area (Å²) >= 11 is 1.67. The van der Waals surface area contributed by atoms with Crippen LogP contribution in [0.2, 0.25) is 18.1 Å². The van der Waals surface area contributed by atoms with Crippen LogP contribution >= 0.6 is 11.8 Å². The van der Waals surface area contributed by atoms with E-state index in [9.17, 15) is 39.2 Å². The molecule has 13 nitrogen and oxygen atoms in total. The van der Waals surface area contributed by atoms with Crippen molar-refractivity contribution in [3.05, 3.63) is 149 Å². The van der Waals surface area contributed by atoms with Crippen LogP contribution in [0.25, 0.3) is 11.1 Å². The van der Waals surface area contributed by atoms with Gasteiger partial charge in [-0.05, 0) is 108 Å². The number of halogens is 1. The molecule has 70 heavy (non-hydrogen) atoms. The van der Waals surface area contributed by atoms with Crippen LogP contribution in [0.15, 0.2) is 126 Å². The van der Waals surface area contributed by atoms with E-state index in [4.69, 9.17) is 14.3 Å². The van der Waals surface area contributed by atoms with Gasteiger partial charge in [-0.1, -0.05) is 99.6 Å². The average Bonchev–Trinajstić information content (AvgIpc) is 3.35. The van der Waals surface area contributed by atoms with Gasteiger partial charge in [-0.2, -0.15) is 0 Å². The molecule has 6 rings (SSSR count). The number of hydrogen-bond donors (Lipinski definition) is 7. The largest absolute Gasteiger partial charge is 0.489 e. The van der Waals surface area contributed by atoms with Gasteiger partial charge in [0.25, 0.3) is 0 Å². The molecule has 16 heteroatoms. The van der Waals surface area contributed by atoms with E-state index in [-0.39, 0.29) is 29.4 Å². The summed E-state index contributed by atoms with van der Waals surface area (Å²) in [6.07, 6.45) is -5.03. The lowest BCUT2D eigenvalue weighted by Crippen LogP contribution is -2.55. The van der Waals surface area contributed by atoms with E-state index in [1.807, 2.05) is 60.9 Å². The van der Waals surface area contributed by atoms with Gasteiger partial charge >= 0.3 is 0 Å². The number of β-lactam (4-membered cyclic amide) rings is 1. The fourth-order valence-electron chi connectivity index (χ4n) is 8.06. The van der Waals surface area contributed by atoms with Crippen molar-refractivity contribution in [2.24, 2.45) is 5.92 Å². The van der Waals surface area contributed by atoms with E-state index in [2.05, 4.69) is 74.8 Å². The van der Waals surface area contributed by atoms with Crippen molar-refractivity contribution in [3.63, 3.8) is 0 Å². The first kappa shape index (κ1) is 53.9. The summed E-state index contributed by atoms with van der Waals surface area (Å²) in [5.74, 6) is -1.61. The highest BCUT2D eigenvalue weighted by atomic mass is 32.2. The van der Waals surface area contributed by atoms with Crippen LogP contribution < -0.4 is 20.3 Å². The minimum absolute atomic E-state index is 0.0643. The summed E-state index contributed by atoms with van der Waals surface area (Å²) in [7, 11) is -2.33. The Morgan fingerprint density at radius 3 is 2.06 bits per heavy atom. The molecular formula is C54H66FN3O10SSi. The Balaban J connectivity index is 1.25. The molecule has 0 aromatic heterocycles. The van der Waals surface area contributed by atoms with Crippen LogP contribution in [0.3, 0.4) is 0 Å². The molecule has 1 aliphatic rings. The van der Waals surface area contributed by atoms with Gasteiger partial charge in [0.2, 0.25) is 17.7 Å². The lowest BCUT2D eigenvalue weighted by molar-refractivity contribution is -0.132. The summed E-state index contributed by atoms with van der Waals surface area (Å²) in [5, 5.41) is 53.4. The van der Waals surface area contributed by atoms with Crippen LogP contribution in [0.1, 0.15) is 74.4 Å². The van der Waals surface area contributed by atoms with E-state index >= 15 is 0 Å². The van der Waals surface area contributed by atoms with Crippen LogP contribution in [0.4, 0.5) is 10.1 Å². The average molecular weight is 996 g/mol. The Bertz CT molecular complexity index is 2510. The maximum atomic E-state index is 14.7. The highest BCUT2D eigenvalue weighted by Gasteiger charge is 2.50. The lowest BCUT2D eigenvalue weighted by atomic mass is 9.77. The van der Waals surface area contributed by atoms with Crippen LogP contribution in [0.5, 0.6) is 5.75 Å². The van der Waals surface area contributed by atoms with Gasteiger partial charge in [0.05, 0.1) is 30.8 Å².